The number of rotatable bonds is 2. The summed E-state index contributed by atoms with van der Waals surface area (Å²) in [7, 11) is 0. The SMILES string of the molecule is CC(C)(C)c1cc2c(c(Oc3ccccc3)n1)C(=O)NC2=O. The topological polar surface area (TPSA) is 68.3 Å². The van der Waals surface area contributed by atoms with Gasteiger partial charge in [0.15, 0.2) is 0 Å². The van der Waals surface area contributed by atoms with Gasteiger partial charge in [-0.1, -0.05) is 39.0 Å². The molecule has 1 aromatic carbocycles. The predicted molar refractivity (Wildman–Crippen MR) is 81.2 cm³/mol. The molecular formula is C17H16N2O3. The summed E-state index contributed by atoms with van der Waals surface area (Å²) in [6, 6.07) is 10.7. The number of para-hydroxylation sites is 1. The number of carbonyl (C=O) groups is 2. The van der Waals surface area contributed by atoms with Crippen LogP contribution < -0.4 is 10.1 Å². The highest BCUT2D eigenvalue weighted by Crippen LogP contribution is 2.33. The maximum atomic E-state index is 12.0. The Morgan fingerprint density at radius 1 is 1.05 bits per heavy atom. The summed E-state index contributed by atoms with van der Waals surface area (Å²) in [5, 5.41) is 2.29. The number of amides is 2. The van der Waals surface area contributed by atoms with Gasteiger partial charge in [0, 0.05) is 5.41 Å². The molecule has 5 nitrogen and oxygen atoms in total. The molecule has 0 bridgehead atoms. The average Bonchev–Trinajstić information content (AvgIpc) is 2.74. The molecule has 1 aromatic heterocycles. The first-order chi connectivity index (χ1) is 10.4. The van der Waals surface area contributed by atoms with Crippen LogP contribution in [0.1, 0.15) is 47.2 Å². The minimum atomic E-state index is -0.473. The molecule has 1 aliphatic heterocycles. The standard InChI is InChI=1S/C17H16N2O3/c1-17(2,3)12-9-11-13(15(21)19-14(11)20)16(18-12)22-10-7-5-4-6-8-10/h4-9H,1-3H3,(H,19,20,21). The normalized spacial score (nSPS) is 13.8. The van der Waals surface area contributed by atoms with E-state index in [-0.39, 0.29) is 16.9 Å². The largest absolute Gasteiger partial charge is 0.438 e. The van der Waals surface area contributed by atoms with Gasteiger partial charge in [0.25, 0.3) is 11.8 Å². The summed E-state index contributed by atoms with van der Waals surface area (Å²) in [5.41, 5.74) is 0.940. The number of hydrogen-bond donors (Lipinski definition) is 1. The molecule has 0 atom stereocenters. The summed E-state index contributed by atoms with van der Waals surface area (Å²) in [5.74, 6) is -0.155. The molecule has 3 rings (SSSR count). The van der Waals surface area contributed by atoms with Crippen molar-refractivity contribution in [2.45, 2.75) is 26.2 Å². The van der Waals surface area contributed by atoms with Gasteiger partial charge in [-0.2, -0.15) is 0 Å². The van der Waals surface area contributed by atoms with Gasteiger partial charge in [0.2, 0.25) is 5.88 Å². The van der Waals surface area contributed by atoms with Crippen molar-refractivity contribution >= 4 is 11.8 Å². The molecule has 0 spiro atoms. The zero-order chi connectivity index (χ0) is 15.9. The van der Waals surface area contributed by atoms with Crippen molar-refractivity contribution in [3.8, 4) is 11.6 Å². The van der Waals surface area contributed by atoms with Crippen LogP contribution in [0.3, 0.4) is 0 Å². The molecular weight excluding hydrogens is 280 g/mol. The van der Waals surface area contributed by atoms with Crippen LogP contribution in [0, 0.1) is 0 Å². The van der Waals surface area contributed by atoms with Gasteiger partial charge in [-0.05, 0) is 18.2 Å². The molecule has 0 saturated carbocycles. The van der Waals surface area contributed by atoms with Crippen LogP contribution in [0.15, 0.2) is 36.4 Å². The fourth-order valence-corrected chi connectivity index (χ4v) is 2.21. The first kappa shape index (κ1) is 14.3. The highest BCUT2D eigenvalue weighted by molar-refractivity contribution is 6.22. The van der Waals surface area contributed by atoms with E-state index in [9.17, 15) is 9.59 Å². The van der Waals surface area contributed by atoms with Crippen molar-refractivity contribution in [2.75, 3.05) is 0 Å². The van der Waals surface area contributed by atoms with Crippen LogP contribution in [0.25, 0.3) is 0 Å². The van der Waals surface area contributed by atoms with Gasteiger partial charge in [0.1, 0.15) is 11.3 Å². The summed E-state index contributed by atoms with van der Waals surface area (Å²) in [6.07, 6.45) is 0. The first-order valence-electron chi connectivity index (χ1n) is 7.00. The lowest BCUT2D eigenvalue weighted by Crippen LogP contribution is -2.20. The Balaban J connectivity index is 2.16. The molecule has 0 unspecified atom stereocenters. The number of benzene rings is 1. The van der Waals surface area contributed by atoms with Gasteiger partial charge < -0.3 is 4.74 Å². The lowest BCUT2D eigenvalue weighted by atomic mass is 9.90. The van der Waals surface area contributed by atoms with Gasteiger partial charge in [-0.15, -0.1) is 0 Å². The summed E-state index contributed by atoms with van der Waals surface area (Å²) in [4.78, 5) is 28.4. The van der Waals surface area contributed by atoms with E-state index in [4.69, 9.17) is 4.74 Å². The van der Waals surface area contributed by atoms with Crippen molar-refractivity contribution in [1.82, 2.24) is 10.3 Å². The number of nitrogens with one attached hydrogen (secondary N) is 1. The molecule has 5 heteroatoms. The van der Waals surface area contributed by atoms with Gasteiger partial charge >= 0.3 is 0 Å². The Kier molecular flexibility index (Phi) is 3.20. The van der Waals surface area contributed by atoms with Gasteiger partial charge in [-0.25, -0.2) is 4.98 Å². The van der Waals surface area contributed by atoms with Crippen LogP contribution in [0.2, 0.25) is 0 Å². The summed E-state index contributed by atoms with van der Waals surface area (Å²) in [6.45, 7) is 5.97. The smallest absolute Gasteiger partial charge is 0.264 e. The van der Waals surface area contributed by atoms with Crippen LogP contribution in [-0.4, -0.2) is 16.8 Å². The zero-order valence-corrected chi connectivity index (χ0v) is 12.6. The van der Waals surface area contributed by atoms with Crippen LogP contribution in [-0.2, 0) is 5.41 Å². The minimum absolute atomic E-state index is 0.164. The van der Waals surface area contributed by atoms with E-state index in [0.29, 0.717) is 17.0 Å². The Labute approximate surface area is 128 Å². The average molecular weight is 296 g/mol. The number of fused-ring (bicyclic) bond motifs is 1. The first-order valence-corrected chi connectivity index (χ1v) is 7.00. The Hall–Kier alpha value is -2.69. The van der Waals surface area contributed by atoms with E-state index in [1.54, 1.807) is 18.2 Å². The number of aromatic nitrogens is 1. The number of hydrogen-bond acceptors (Lipinski definition) is 4. The van der Waals surface area contributed by atoms with E-state index >= 15 is 0 Å². The van der Waals surface area contributed by atoms with Gasteiger partial charge in [0.05, 0.1) is 11.3 Å². The highest BCUT2D eigenvalue weighted by atomic mass is 16.5. The molecule has 22 heavy (non-hydrogen) atoms. The van der Waals surface area contributed by atoms with E-state index in [0.717, 1.165) is 0 Å². The third-order valence-electron chi connectivity index (χ3n) is 3.41. The minimum Gasteiger partial charge on any atom is -0.438 e. The third-order valence-corrected chi connectivity index (χ3v) is 3.41. The summed E-state index contributed by atoms with van der Waals surface area (Å²) < 4.78 is 5.75. The number of nitrogens with zero attached hydrogens (tertiary/aromatic N) is 1. The highest BCUT2D eigenvalue weighted by Gasteiger charge is 2.34. The van der Waals surface area contributed by atoms with Crippen LogP contribution in [0.5, 0.6) is 11.6 Å². The summed E-state index contributed by atoms with van der Waals surface area (Å²) >= 11 is 0. The van der Waals surface area contributed by atoms with Crippen molar-refractivity contribution in [1.29, 1.82) is 0 Å². The zero-order valence-electron chi connectivity index (χ0n) is 12.6. The molecule has 2 aromatic rings. The van der Waals surface area contributed by atoms with E-state index in [1.165, 1.54) is 0 Å². The Bertz CT molecular complexity index is 761. The van der Waals surface area contributed by atoms with Crippen molar-refractivity contribution < 1.29 is 14.3 Å². The van der Waals surface area contributed by atoms with Crippen molar-refractivity contribution in [3.05, 3.63) is 53.2 Å². The fraction of sp³-hybridized carbons (Fsp3) is 0.235. The monoisotopic (exact) mass is 296 g/mol. The second-order valence-corrected chi connectivity index (χ2v) is 6.18. The fourth-order valence-electron chi connectivity index (χ4n) is 2.21. The maximum absolute atomic E-state index is 12.0. The molecule has 0 radical (unpaired) electrons. The second kappa shape index (κ2) is 4.94. The Morgan fingerprint density at radius 3 is 2.36 bits per heavy atom. The molecule has 0 aliphatic carbocycles. The molecule has 2 amide bonds. The molecule has 2 heterocycles. The molecule has 0 fully saturated rings. The maximum Gasteiger partial charge on any atom is 0.264 e. The number of imide groups is 1. The molecule has 112 valence electrons. The van der Waals surface area contributed by atoms with E-state index < -0.39 is 11.8 Å². The molecule has 0 saturated heterocycles. The van der Waals surface area contributed by atoms with E-state index in [1.807, 2.05) is 39.0 Å². The lowest BCUT2D eigenvalue weighted by Gasteiger charge is -2.19. The van der Waals surface area contributed by atoms with Crippen LogP contribution >= 0.6 is 0 Å². The third kappa shape index (κ3) is 2.45. The van der Waals surface area contributed by atoms with E-state index in [2.05, 4.69) is 10.3 Å². The molecule has 1 N–H and O–H groups in total. The van der Waals surface area contributed by atoms with Crippen LogP contribution in [0.4, 0.5) is 0 Å². The second-order valence-electron chi connectivity index (χ2n) is 6.18. The Morgan fingerprint density at radius 2 is 1.73 bits per heavy atom. The number of carbonyl (C=O) groups excluding carboxylic acids is 2. The lowest BCUT2D eigenvalue weighted by molar-refractivity contribution is 0.0879. The predicted octanol–water partition coefficient (Wildman–Crippen LogP) is 3.06. The van der Waals surface area contributed by atoms with Gasteiger partial charge in [-0.3, -0.25) is 14.9 Å². The number of ether oxygens (including phenoxy) is 1. The van der Waals surface area contributed by atoms with Crippen molar-refractivity contribution in [2.24, 2.45) is 0 Å². The quantitative estimate of drug-likeness (QED) is 0.865. The number of pyridine rings is 1. The van der Waals surface area contributed by atoms with Crippen molar-refractivity contribution in [3.63, 3.8) is 0 Å². The molecule has 1 aliphatic rings.